The summed E-state index contributed by atoms with van der Waals surface area (Å²) in [5.41, 5.74) is 0. The summed E-state index contributed by atoms with van der Waals surface area (Å²) in [4.78, 5) is 0. The van der Waals surface area contributed by atoms with Gasteiger partial charge in [0.25, 0.3) is 0 Å². The topological polar surface area (TPSA) is 0 Å². The molecule has 0 saturated carbocycles. The number of benzene rings is 1. The van der Waals surface area contributed by atoms with Gasteiger partial charge in [-0.3, -0.25) is 7.83 Å². The van der Waals surface area contributed by atoms with Gasteiger partial charge in [0.05, 0.1) is 0 Å². The summed E-state index contributed by atoms with van der Waals surface area (Å²) in [6.07, 6.45) is 0. The zero-order valence-corrected chi connectivity index (χ0v) is 18.0. The molecule has 0 bridgehead atoms. The molecule has 0 nitrogen and oxygen atoms in total. The van der Waals surface area contributed by atoms with Crippen LogP contribution in [0.3, 0.4) is 0 Å². The van der Waals surface area contributed by atoms with Crippen molar-refractivity contribution in [2.24, 2.45) is 0 Å². The zero-order valence-electron chi connectivity index (χ0n) is 11.9. The maximum Gasteiger partial charge on any atom is 1.00 e. The van der Waals surface area contributed by atoms with Crippen LogP contribution in [-0.2, 0) is 0 Å². The van der Waals surface area contributed by atoms with E-state index in [1.807, 2.05) is 0 Å². The van der Waals surface area contributed by atoms with Crippen molar-refractivity contribution >= 4 is 28.2 Å². The van der Waals surface area contributed by atoms with Crippen LogP contribution < -0.4 is 56.6 Å². The number of rotatable bonds is 3. The fourth-order valence-corrected chi connectivity index (χ4v) is 40.3. The molecule has 0 radical (unpaired) electrons. The first-order valence-corrected chi connectivity index (χ1v) is 16.2. The molecule has 1 aromatic carbocycles. The molecule has 0 aromatic heterocycles. The third-order valence-corrected chi connectivity index (χ3v) is 30.7. The molecule has 84 valence electrons. The monoisotopic (exact) mass is 290 g/mol. The molecule has 16 heavy (non-hydrogen) atoms. The second kappa shape index (κ2) is 6.61. The number of hydrogen-bond acceptors (Lipinski definition) is 0. The molecular formula is C12H23KSi3. The number of hydrogen-bond donors (Lipinski definition) is 0. The summed E-state index contributed by atoms with van der Waals surface area (Å²) < 4.78 is 0. The van der Waals surface area contributed by atoms with Gasteiger partial charge in [0.2, 0.25) is 0 Å². The van der Waals surface area contributed by atoms with Gasteiger partial charge in [-0.15, -0.1) is 0 Å². The van der Waals surface area contributed by atoms with E-state index in [1.165, 1.54) is 0 Å². The Bertz CT molecular complexity index is 297. The van der Waals surface area contributed by atoms with E-state index in [-0.39, 0.29) is 59.2 Å². The van der Waals surface area contributed by atoms with E-state index in [0.717, 1.165) is 0 Å². The Labute approximate surface area is 147 Å². The molecule has 0 spiro atoms. The van der Waals surface area contributed by atoms with Crippen LogP contribution in [0.5, 0.6) is 0 Å². The first kappa shape index (κ1) is 17.5. The summed E-state index contributed by atoms with van der Waals surface area (Å²) in [5, 5.41) is 1.68. The summed E-state index contributed by atoms with van der Waals surface area (Å²) in [6.45, 7) is 15.3. The quantitative estimate of drug-likeness (QED) is 0.699. The minimum absolute atomic E-state index is 0. The maximum atomic E-state index is 2.55. The van der Waals surface area contributed by atoms with Gasteiger partial charge in [-0.2, -0.15) is 0 Å². The van der Waals surface area contributed by atoms with E-state index in [4.69, 9.17) is 0 Å². The first-order chi connectivity index (χ1) is 6.73. The Morgan fingerprint density at radius 1 is 0.750 bits per heavy atom. The minimum atomic E-state index is -0.999. The van der Waals surface area contributed by atoms with Gasteiger partial charge >= 0.3 is 51.4 Å². The predicted molar refractivity (Wildman–Crippen MR) is 78.5 cm³/mol. The molecule has 0 N–H and O–H groups in total. The molecule has 0 unspecified atom stereocenters. The summed E-state index contributed by atoms with van der Waals surface area (Å²) in [6, 6.07) is 11.3. The largest absolute Gasteiger partial charge is 1.00 e. The van der Waals surface area contributed by atoms with Crippen LogP contribution in [0.4, 0.5) is 0 Å². The zero-order chi connectivity index (χ0) is 11.7. The average molecular weight is 291 g/mol. The Balaban J connectivity index is 0.00000225. The Kier molecular flexibility index (Phi) is 7.23. The minimum Gasteiger partial charge on any atom is -0.281 e. The Hall–Kier alpha value is 1.51. The maximum absolute atomic E-state index is 2.55. The third kappa shape index (κ3) is 5.02. The Morgan fingerprint density at radius 3 is 1.44 bits per heavy atom. The van der Waals surface area contributed by atoms with Gasteiger partial charge < -0.3 is 0 Å². The third-order valence-electron chi connectivity index (χ3n) is 2.56. The first-order valence-electron chi connectivity index (χ1n) is 5.66. The molecule has 1 aromatic rings. The van der Waals surface area contributed by atoms with Crippen molar-refractivity contribution in [2.75, 3.05) is 0 Å². The van der Waals surface area contributed by atoms with Crippen LogP contribution in [0.2, 0.25) is 39.3 Å². The fourth-order valence-electron chi connectivity index (χ4n) is 2.60. The summed E-state index contributed by atoms with van der Waals surface area (Å²) in [5.74, 6) is 0. The van der Waals surface area contributed by atoms with Gasteiger partial charge in [0.1, 0.15) is 0 Å². The van der Waals surface area contributed by atoms with Crippen molar-refractivity contribution in [1.29, 1.82) is 0 Å². The van der Waals surface area contributed by atoms with E-state index in [0.29, 0.717) is 0 Å². The van der Waals surface area contributed by atoms with E-state index in [9.17, 15) is 0 Å². The van der Waals surface area contributed by atoms with Gasteiger partial charge in [-0.25, -0.2) is 5.19 Å². The van der Waals surface area contributed by atoms with Gasteiger partial charge in [0.15, 0.2) is 0 Å². The van der Waals surface area contributed by atoms with Gasteiger partial charge in [0, 0.05) is 0 Å². The molecule has 0 saturated heterocycles. The SMILES string of the molecule is C[Si](C)(C)[Si-](c1ccccc1)[Si](C)(C)C.[K+]. The standard InChI is InChI=1S/C12H23Si3.K/c1-14(2,3)13(15(4,5)6)12-10-8-7-9-11-12;/h7-11H,1-6H3;/q-1;+1. The van der Waals surface area contributed by atoms with E-state index >= 15 is 0 Å². The van der Waals surface area contributed by atoms with E-state index in [2.05, 4.69) is 69.6 Å². The van der Waals surface area contributed by atoms with Crippen molar-refractivity contribution in [2.45, 2.75) is 39.3 Å². The summed E-state index contributed by atoms with van der Waals surface area (Å²) in [7, 11) is -2.27. The average Bonchev–Trinajstić information content (AvgIpc) is 2.00. The van der Waals surface area contributed by atoms with Crippen molar-refractivity contribution in [3.05, 3.63) is 30.3 Å². The molecule has 0 aliphatic rings. The van der Waals surface area contributed by atoms with Crippen molar-refractivity contribution < 1.29 is 51.4 Å². The predicted octanol–water partition coefficient (Wildman–Crippen LogP) is 0.226. The van der Waals surface area contributed by atoms with Crippen LogP contribution in [-0.4, -0.2) is 23.0 Å². The smallest absolute Gasteiger partial charge is 0.281 e. The van der Waals surface area contributed by atoms with Gasteiger partial charge in [-0.05, 0) is 0 Å². The molecule has 0 heterocycles. The van der Waals surface area contributed by atoms with E-state index in [1.54, 1.807) is 5.19 Å². The van der Waals surface area contributed by atoms with Crippen LogP contribution in [0.15, 0.2) is 30.3 Å². The van der Waals surface area contributed by atoms with Crippen molar-refractivity contribution in [1.82, 2.24) is 0 Å². The molecule has 1 rings (SSSR count). The van der Waals surface area contributed by atoms with Crippen molar-refractivity contribution in [3.8, 4) is 0 Å². The molecule has 4 heteroatoms. The van der Waals surface area contributed by atoms with Crippen LogP contribution in [0.1, 0.15) is 0 Å². The van der Waals surface area contributed by atoms with Crippen LogP contribution in [0.25, 0.3) is 0 Å². The second-order valence-electron chi connectivity index (χ2n) is 6.24. The summed E-state index contributed by atoms with van der Waals surface area (Å²) >= 11 is 0. The molecule has 0 atom stereocenters. The van der Waals surface area contributed by atoms with E-state index < -0.39 is 15.2 Å². The molecule has 0 aliphatic carbocycles. The Morgan fingerprint density at radius 2 is 1.12 bits per heavy atom. The molecular weight excluding hydrogens is 267 g/mol. The van der Waals surface area contributed by atoms with Crippen molar-refractivity contribution in [3.63, 3.8) is 0 Å². The molecule has 0 fully saturated rings. The second-order valence-corrected chi connectivity index (χ2v) is 30.1. The fraction of sp³-hybridized carbons (Fsp3) is 0.500. The normalized spacial score (nSPS) is 11.9. The molecule has 0 aliphatic heterocycles. The van der Waals surface area contributed by atoms with Crippen LogP contribution >= 0.6 is 0 Å². The van der Waals surface area contributed by atoms with Crippen LogP contribution in [0, 0.1) is 0 Å². The van der Waals surface area contributed by atoms with Gasteiger partial charge in [-0.1, -0.05) is 84.8 Å². The molecule has 0 amide bonds.